The van der Waals surface area contributed by atoms with Crippen LogP contribution in [-0.2, 0) is 5.41 Å². The fraction of sp³-hybridized carbons (Fsp3) is 0.625. The highest BCUT2D eigenvalue weighted by Crippen LogP contribution is 2.47. The van der Waals surface area contributed by atoms with Gasteiger partial charge in [0.25, 0.3) is 0 Å². The number of hydrogen-bond acceptors (Lipinski definition) is 1. The molecule has 0 spiro atoms. The Morgan fingerprint density at radius 2 is 2.18 bits per heavy atom. The number of phenolic OH excluding ortho intramolecular Hbond substituents is 1. The summed E-state index contributed by atoms with van der Waals surface area (Å²) < 4.78 is 0. The van der Waals surface area contributed by atoms with Crippen LogP contribution in [0.3, 0.4) is 0 Å². The van der Waals surface area contributed by atoms with Crippen LogP contribution in [0.2, 0.25) is 0 Å². The van der Waals surface area contributed by atoms with Crippen molar-refractivity contribution in [3.05, 3.63) is 29.8 Å². The molecule has 1 heteroatoms. The molecule has 3 unspecified atom stereocenters. The van der Waals surface area contributed by atoms with Gasteiger partial charge in [-0.3, -0.25) is 0 Å². The Balaban J connectivity index is 2.33. The summed E-state index contributed by atoms with van der Waals surface area (Å²) in [5, 5.41) is 9.67. The summed E-state index contributed by atoms with van der Waals surface area (Å²) in [7, 11) is 0. The summed E-state index contributed by atoms with van der Waals surface area (Å²) in [6.07, 6.45) is 5.11. The van der Waals surface area contributed by atoms with Crippen molar-refractivity contribution in [1.82, 2.24) is 0 Å². The van der Waals surface area contributed by atoms with Crippen molar-refractivity contribution in [2.24, 2.45) is 11.8 Å². The number of rotatable bonds is 2. The number of aromatic hydroxyl groups is 1. The molecule has 17 heavy (non-hydrogen) atoms. The van der Waals surface area contributed by atoms with Gasteiger partial charge < -0.3 is 5.11 Å². The van der Waals surface area contributed by atoms with Gasteiger partial charge in [-0.05, 0) is 54.2 Å². The van der Waals surface area contributed by atoms with E-state index in [1.54, 1.807) is 6.07 Å². The van der Waals surface area contributed by atoms with Gasteiger partial charge in [0.2, 0.25) is 0 Å². The molecular weight excluding hydrogens is 208 g/mol. The van der Waals surface area contributed by atoms with Crippen molar-refractivity contribution >= 4 is 0 Å². The minimum atomic E-state index is 0.250. The van der Waals surface area contributed by atoms with Crippen molar-refractivity contribution in [2.45, 2.75) is 51.9 Å². The number of phenols is 1. The van der Waals surface area contributed by atoms with Crippen LogP contribution in [0.25, 0.3) is 0 Å². The zero-order valence-electron chi connectivity index (χ0n) is 11.2. The molecule has 0 bridgehead atoms. The van der Waals surface area contributed by atoms with Gasteiger partial charge in [-0.25, -0.2) is 0 Å². The SMILES string of the molecule is CCC1CC(C)CCC1(C)c1cccc(O)c1. The lowest BCUT2D eigenvalue weighted by atomic mass is 9.61. The molecule has 94 valence electrons. The fourth-order valence-electron chi connectivity index (χ4n) is 3.47. The van der Waals surface area contributed by atoms with Crippen LogP contribution in [0.1, 0.15) is 52.0 Å². The maximum atomic E-state index is 9.67. The third-order valence-corrected chi connectivity index (χ3v) is 4.74. The molecule has 1 N–H and O–H groups in total. The second kappa shape index (κ2) is 4.72. The zero-order valence-corrected chi connectivity index (χ0v) is 11.2. The Hall–Kier alpha value is -0.980. The van der Waals surface area contributed by atoms with Crippen molar-refractivity contribution in [3.8, 4) is 5.75 Å². The highest BCUT2D eigenvalue weighted by molar-refractivity contribution is 5.33. The average Bonchev–Trinajstić information content (AvgIpc) is 2.32. The van der Waals surface area contributed by atoms with Gasteiger partial charge in [-0.2, -0.15) is 0 Å². The minimum Gasteiger partial charge on any atom is -0.508 e. The van der Waals surface area contributed by atoms with Gasteiger partial charge in [0.15, 0.2) is 0 Å². The number of benzene rings is 1. The second-order valence-corrected chi connectivity index (χ2v) is 5.95. The molecule has 3 atom stereocenters. The van der Waals surface area contributed by atoms with Gasteiger partial charge in [0, 0.05) is 0 Å². The van der Waals surface area contributed by atoms with Crippen molar-refractivity contribution < 1.29 is 5.11 Å². The highest BCUT2D eigenvalue weighted by Gasteiger charge is 2.39. The van der Waals surface area contributed by atoms with E-state index in [0.29, 0.717) is 5.75 Å². The van der Waals surface area contributed by atoms with E-state index in [1.165, 1.54) is 31.2 Å². The molecule has 1 nitrogen and oxygen atoms in total. The first kappa shape index (κ1) is 12.5. The van der Waals surface area contributed by atoms with E-state index in [-0.39, 0.29) is 5.41 Å². The summed E-state index contributed by atoms with van der Waals surface area (Å²) in [4.78, 5) is 0. The van der Waals surface area contributed by atoms with E-state index in [2.05, 4.69) is 26.8 Å². The van der Waals surface area contributed by atoms with Crippen LogP contribution in [-0.4, -0.2) is 5.11 Å². The fourth-order valence-corrected chi connectivity index (χ4v) is 3.47. The quantitative estimate of drug-likeness (QED) is 0.796. The third kappa shape index (κ3) is 2.34. The van der Waals surface area contributed by atoms with Crippen molar-refractivity contribution in [1.29, 1.82) is 0 Å². The molecule has 0 aliphatic heterocycles. The monoisotopic (exact) mass is 232 g/mol. The normalized spacial score (nSPS) is 33.6. The molecule has 1 aromatic carbocycles. The summed E-state index contributed by atoms with van der Waals surface area (Å²) in [5.74, 6) is 2.00. The first-order chi connectivity index (χ1) is 8.06. The molecule has 0 aromatic heterocycles. The Bertz CT molecular complexity index is 385. The first-order valence-corrected chi connectivity index (χ1v) is 6.85. The Labute approximate surface area is 105 Å². The number of hydrogen-bond donors (Lipinski definition) is 1. The lowest BCUT2D eigenvalue weighted by molar-refractivity contribution is 0.156. The van der Waals surface area contributed by atoms with Crippen LogP contribution in [0.5, 0.6) is 5.75 Å². The highest BCUT2D eigenvalue weighted by atomic mass is 16.3. The van der Waals surface area contributed by atoms with E-state index in [9.17, 15) is 5.11 Å². The lowest BCUT2D eigenvalue weighted by Crippen LogP contribution is -2.37. The Kier molecular flexibility index (Phi) is 3.46. The van der Waals surface area contributed by atoms with E-state index in [1.807, 2.05) is 12.1 Å². The predicted octanol–water partition coefficient (Wildman–Crippen LogP) is 4.50. The topological polar surface area (TPSA) is 20.2 Å². The second-order valence-electron chi connectivity index (χ2n) is 5.95. The lowest BCUT2D eigenvalue weighted by Gasteiger charge is -2.44. The van der Waals surface area contributed by atoms with E-state index >= 15 is 0 Å². The minimum absolute atomic E-state index is 0.250. The molecule has 1 aromatic rings. The van der Waals surface area contributed by atoms with E-state index in [4.69, 9.17) is 0 Å². The standard InChI is InChI=1S/C16H24O/c1-4-13-10-12(2)8-9-16(13,3)14-6-5-7-15(17)11-14/h5-7,11-13,17H,4,8-10H2,1-3H3. The van der Waals surface area contributed by atoms with Gasteiger partial charge in [0.1, 0.15) is 5.75 Å². The molecule has 1 saturated carbocycles. The Morgan fingerprint density at radius 1 is 1.41 bits per heavy atom. The predicted molar refractivity (Wildman–Crippen MR) is 72.3 cm³/mol. The molecule has 1 aliphatic carbocycles. The molecule has 1 fully saturated rings. The van der Waals surface area contributed by atoms with Crippen LogP contribution >= 0.6 is 0 Å². The first-order valence-electron chi connectivity index (χ1n) is 6.85. The van der Waals surface area contributed by atoms with Gasteiger partial charge in [-0.1, -0.05) is 39.3 Å². The molecule has 2 rings (SSSR count). The molecule has 0 saturated heterocycles. The van der Waals surface area contributed by atoms with Gasteiger partial charge >= 0.3 is 0 Å². The van der Waals surface area contributed by atoms with Crippen molar-refractivity contribution in [2.75, 3.05) is 0 Å². The maximum absolute atomic E-state index is 9.67. The molecule has 1 aliphatic rings. The van der Waals surface area contributed by atoms with Crippen LogP contribution in [0, 0.1) is 11.8 Å². The summed E-state index contributed by atoms with van der Waals surface area (Å²) in [6.45, 7) is 7.04. The molecular formula is C16H24O. The van der Waals surface area contributed by atoms with Crippen LogP contribution in [0.4, 0.5) is 0 Å². The van der Waals surface area contributed by atoms with E-state index < -0.39 is 0 Å². The molecule has 0 heterocycles. The third-order valence-electron chi connectivity index (χ3n) is 4.74. The smallest absolute Gasteiger partial charge is 0.115 e. The van der Waals surface area contributed by atoms with Crippen LogP contribution < -0.4 is 0 Å². The van der Waals surface area contributed by atoms with Gasteiger partial charge in [0.05, 0.1) is 0 Å². The average molecular weight is 232 g/mol. The summed E-state index contributed by atoms with van der Waals surface area (Å²) in [5.41, 5.74) is 1.57. The van der Waals surface area contributed by atoms with Crippen molar-refractivity contribution in [3.63, 3.8) is 0 Å². The van der Waals surface area contributed by atoms with Crippen LogP contribution in [0.15, 0.2) is 24.3 Å². The zero-order chi connectivity index (χ0) is 12.5. The summed E-state index contributed by atoms with van der Waals surface area (Å²) >= 11 is 0. The Morgan fingerprint density at radius 3 is 2.82 bits per heavy atom. The molecule has 0 amide bonds. The van der Waals surface area contributed by atoms with E-state index in [0.717, 1.165) is 11.8 Å². The van der Waals surface area contributed by atoms with Gasteiger partial charge in [-0.15, -0.1) is 0 Å². The molecule has 0 radical (unpaired) electrons. The maximum Gasteiger partial charge on any atom is 0.115 e. The largest absolute Gasteiger partial charge is 0.508 e. The summed E-state index contributed by atoms with van der Waals surface area (Å²) in [6, 6.07) is 7.87.